The predicted molar refractivity (Wildman–Crippen MR) is 129 cm³/mol. The molecule has 35 heavy (non-hydrogen) atoms. The molecule has 1 N–H and O–H groups in total. The molecule has 0 saturated heterocycles. The molecule has 4 rings (SSSR count). The van der Waals surface area contributed by atoms with Gasteiger partial charge in [-0.2, -0.15) is 0 Å². The molecule has 4 aromatic rings. The first-order valence-corrected chi connectivity index (χ1v) is 12.4. The summed E-state index contributed by atoms with van der Waals surface area (Å²) in [5, 5.41) is 18.0. The average molecular weight is 497 g/mol. The summed E-state index contributed by atoms with van der Waals surface area (Å²) in [4.78, 5) is 24.8. The lowest BCUT2D eigenvalue weighted by molar-refractivity contribution is -0.138. The molecule has 0 aliphatic rings. The van der Waals surface area contributed by atoms with Gasteiger partial charge in [0, 0.05) is 6.54 Å². The zero-order chi connectivity index (χ0) is 25.2. The number of halogens is 1. The van der Waals surface area contributed by atoms with Crippen LogP contribution in [-0.4, -0.2) is 46.8 Å². The van der Waals surface area contributed by atoms with Crippen LogP contribution in [0.15, 0.2) is 77.6 Å². The van der Waals surface area contributed by atoms with E-state index in [4.69, 9.17) is 0 Å². The Kier molecular flexibility index (Phi) is 6.61. The molecule has 1 unspecified atom stereocenters. The van der Waals surface area contributed by atoms with Crippen molar-refractivity contribution in [2.45, 2.75) is 19.0 Å². The van der Waals surface area contributed by atoms with Crippen LogP contribution in [0.25, 0.3) is 22.0 Å². The molecule has 0 saturated carbocycles. The van der Waals surface area contributed by atoms with E-state index in [1.807, 2.05) is 0 Å². The molecule has 11 heteroatoms. The van der Waals surface area contributed by atoms with Crippen molar-refractivity contribution >= 4 is 32.6 Å². The number of carbonyl (C=O) groups is 1. The van der Waals surface area contributed by atoms with E-state index < -0.39 is 27.6 Å². The smallest absolute Gasteiger partial charge is 0.327 e. The fourth-order valence-corrected chi connectivity index (χ4v) is 4.96. The van der Waals surface area contributed by atoms with Crippen LogP contribution in [0, 0.1) is 5.82 Å². The van der Waals surface area contributed by atoms with Gasteiger partial charge < -0.3 is 5.11 Å². The highest BCUT2D eigenvalue weighted by Gasteiger charge is 2.32. The number of carboxylic acids is 1. The first-order chi connectivity index (χ1) is 16.6. The highest BCUT2D eigenvalue weighted by atomic mass is 32.2. The maximum atomic E-state index is 13.2. The number of nitrogens with zero attached hydrogens (tertiary/aromatic N) is 4. The van der Waals surface area contributed by atoms with Crippen LogP contribution in [0.4, 0.5) is 10.1 Å². The minimum atomic E-state index is -4.01. The third-order valence-corrected chi connectivity index (χ3v) is 6.65. The number of rotatable bonds is 8. The van der Waals surface area contributed by atoms with E-state index in [-0.39, 0.29) is 24.5 Å². The summed E-state index contributed by atoms with van der Waals surface area (Å²) in [5.74, 6) is -1.76. The average Bonchev–Trinajstić information content (AvgIpc) is 2.83. The second-order valence-corrected chi connectivity index (χ2v) is 9.75. The number of hydrogen-bond acceptors (Lipinski definition) is 6. The fraction of sp³-hybridized carbons (Fsp3) is 0.167. The number of sulfonamides is 1. The number of hydrogen-bond donors (Lipinski definition) is 1. The van der Waals surface area contributed by atoms with Gasteiger partial charge in [0.15, 0.2) is 0 Å². The second-order valence-electron chi connectivity index (χ2n) is 7.89. The summed E-state index contributed by atoms with van der Waals surface area (Å²) >= 11 is 0. The second kappa shape index (κ2) is 9.63. The van der Waals surface area contributed by atoms with Crippen molar-refractivity contribution in [2.75, 3.05) is 10.6 Å². The zero-order valence-corrected chi connectivity index (χ0v) is 19.4. The maximum Gasteiger partial charge on any atom is 0.327 e. The van der Waals surface area contributed by atoms with Crippen LogP contribution in [0.1, 0.15) is 6.42 Å². The maximum absolute atomic E-state index is 13.2. The Morgan fingerprint density at radius 2 is 1.63 bits per heavy atom. The van der Waals surface area contributed by atoms with Crippen molar-refractivity contribution in [1.29, 1.82) is 0 Å². The van der Waals surface area contributed by atoms with Crippen LogP contribution in [0.3, 0.4) is 0 Å². The van der Waals surface area contributed by atoms with Crippen LogP contribution >= 0.6 is 0 Å². The summed E-state index contributed by atoms with van der Waals surface area (Å²) in [5.41, 5.74) is 1.51. The molecule has 0 amide bonds. The molecule has 1 atom stereocenters. The minimum Gasteiger partial charge on any atom is -0.480 e. The zero-order valence-electron chi connectivity index (χ0n) is 18.6. The fourth-order valence-electron chi connectivity index (χ4n) is 3.80. The quantitative estimate of drug-likeness (QED) is 0.398. The lowest BCUT2D eigenvalue weighted by Crippen LogP contribution is -2.46. The first kappa shape index (κ1) is 24.0. The van der Waals surface area contributed by atoms with Crippen LogP contribution in [0.2, 0.25) is 0 Å². The molecule has 0 bridgehead atoms. The Balaban J connectivity index is 1.64. The molecule has 0 spiro atoms. The number of anilines is 1. The summed E-state index contributed by atoms with van der Waals surface area (Å²) in [6.07, 6.45) is 0.688. The molecule has 0 aliphatic heterocycles. The van der Waals surface area contributed by atoms with Crippen molar-refractivity contribution in [1.82, 2.24) is 15.0 Å². The van der Waals surface area contributed by atoms with E-state index >= 15 is 0 Å². The SMILES string of the molecule is CS(=O)(=O)N(c1ccc(-c2ccc(F)cc2)cc1)C(CCn1nnc2ccccc2c1=O)C(=O)O. The highest BCUT2D eigenvalue weighted by Crippen LogP contribution is 2.27. The van der Waals surface area contributed by atoms with Gasteiger partial charge in [-0.15, -0.1) is 5.10 Å². The third kappa shape index (κ3) is 5.19. The van der Waals surface area contributed by atoms with Crippen molar-refractivity contribution in [2.24, 2.45) is 0 Å². The first-order valence-electron chi connectivity index (χ1n) is 10.6. The molecule has 3 aromatic carbocycles. The summed E-state index contributed by atoms with van der Waals surface area (Å²) in [6, 6.07) is 17.1. The van der Waals surface area contributed by atoms with Gasteiger partial charge in [-0.1, -0.05) is 41.6 Å². The number of fused-ring (bicyclic) bond motifs is 1. The Bertz CT molecular complexity index is 1540. The molecule has 0 radical (unpaired) electrons. The van der Waals surface area contributed by atoms with Gasteiger partial charge in [0.25, 0.3) is 5.56 Å². The molecule has 1 heterocycles. The normalized spacial score (nSPS) is 12.4. The predicted octanol–water partition coefficient (Wildman–Crippen LogP) is 2.91. The molecule has 1 aromatic heterocycles. The van der Waals surface area contributed by atoms with E-state index in [0.29, 0.717) is 22.0 Å². The number of benzene rings is 3. The molecule has 0 aliphatic carbocycles. The largest absolute Gasteiger partial charge is 0.480 e. The van der Waals surface area contributed by atoms with Crippen LogP contribution in [-0.2, 0) is 21.4 Å². The lowest BCUT2D eigenvalue weighted by atomic mass is 10.1. The van der Waals surface area contributed by atoms with Gasteiger partial charge in [0.2, 0.25) is 10.0 Å². The van der Waals surface area contributed by atoms with Crippen molar-refractivity contribution in [3.63, 3.8) is 0 Å². The molecule has 180 valence electrons. The summed E-state index contributed by atoms with van der Waals surface area (Å²) in [7, 11) is -4.01. The number of aromatic nitrogens is 3. The van der Waals surface area contributed by atoms with E-state index in [1.165, 1.54) is 24.3 Å². The molecular formula is C24H21FN4O5S. The van der Waals surface area contributed by atoms with Crippen molar-refractivity contribution in [3.05, 3.63) is 89.0 Å². The van der Waals surface area contributed by atoms with Crippen molar-refractivity contribution in [3.8, 4) is 11.1 Å². The lowest BCUT2D eigenvalue weighted by Gasteiger charge is -2.29. The Labute approximate surface area is 200 Å². The monoisotopic (exact) mass is 496 g/mol. The molecular weight excluding hydrogens is 475 g/mol. The summed E-state index contributed by atoms with van der Waals surface area (Å²) in [6.45, 7) is -0.159. The highest BCUT2D eigenvalue weighted by molar-refractivity contribution is 7.92. The Morgan fingerprint density at radius 3 is 2.23 bits per heavy atom. The van der Waals surface area contributed by atoms with E-state index in [0.717, 1.165) is 15.2 Å². The van der Waals surface area contributed by atoms with E-state index in [1.54, 1.807) is 48.5 Å². The molecule has 9 nitrogen and oxygen atoms in total. The van der Waals surface area contributed by atoms with Crippen LogP contribution in [0.5, 0.6) is 0 Å². The van der Waals surface area contributed by atoms with Crippen molar-refractivity contribution < 1.29 is 22.7 Å². The van der Waals surface area contributed by atoms with Gasteiger partial charge in [-0.3, -0.25) is 9.10 Å². The minimum absolute atomic E-state index is 0.141. The summed E-state index contributed by atoms with van der Waals surface area (Å²) < 4.78 is 40.3. The topological polar surface area (TPSA) is 122 Å². The van der Waals surface area contributed by atoms with Gasteiger partial charge >= 0.3 is 5.97 Å². The number of aliphatic carboxylic acids is 1. The third-order valence-electron chi connectivity index (χ3n) is 5.47. The van der Waals surface area contributed by atoms with Crippen LogP contribution < -0.4 is 9.86 Å². The Hall–Kier alpha value is -4.12. The van der Waals surface area contributed by atoms with Gasteiger partial charge in [-0.05, 0) is 53.9 Å². The number of carboxylic acid groups (broad SMARTS) is 1. The number of aryl methyl sites for hydroxylation is 1. The van der Waals surface area contributed by atoms with E-state index in [2.05, 4.69) is 10.3 Å². The molecule has 0 fully saturated rings. The van der Waals surface area contributed by atoms with Gasteiger partial charge in [0.05, 0.1) is 17.3 Å². The standard InChI is InChI=1S/C24H21FN4O5S/c1-35(33,34)29(19-12-8-17(9-13-19)16-6-10-18(25)11-7-16)22(24(31)32)14-15-28-23(30)20-4-2-3-5-21(20)26-27-28/h2-13,22H,14-15H2,1H3,(H,31,32). The van der Waals surface area contributed by atoms with Gasteiger partial charge in [-0.25, -0.2) is 22.3 Å². The van der Waals surface area contributed by atoms with E-state index in [9.17, 15) is 27.5 Å². The van der Waals surface area contributed by atoms with Gasteiger partial charge in [0.1, 0.15) is 17.4 Å². The Morgan fingerprint density at radius 1 is 1.03 bits per heavy atom.